The quantitative estimate of drug-likeness (QED) is 0.528. The molecule has 0 saturated carbocycles. The lowest BCUT2D eigenvalue weighted by molar-refractivity contribution is 0.0507. The Labute approximate surface area is 166 Å². The van der Waals surface area contributed by atoms with Gasteiger partial charge in [0, 0.05) is 19.6 Å². The maximum atomic E-state index is 13.0. The SMILES string of the molecule is CCNC(=NCC(O)c1ccc(F)cc1)N1CCC(NC(=O)OC(C)(C)C)C1. The van der Waals surface area contributed by atoms with Gasteiger partial charge in [-0.1, -0.05) is 12.1 Å². The van der Waals surface area contributed by atoms with E-state index in [-0.39, 0.29) is 18.4 Å². The molecule has 1 amide bonds. The van der Waals surface area contributed by atoms with Crippen LogP contribution in [-0.2, 0) is 4.74 Å². The van der Waals surface area contributed by atoms with Crippen LogP contribution in [0.5, 0.6) is 0 Å². The molecule has 1 heterocycles. The first-order chi connectivity index (χ1) is 13.2. The second-order valence-corrected chi connectivity index (χ2v) is 7.84. The molecule has 3 N–H and O–H groups in total. The fourth-order valence-corrected chi connectivity index (χ4v) is 2.93. The molecule has 0 aliphatic carbocycles. The molecule has 1 saturated heterocycles. The van der Waals surface area contributed by atoms with Crippen LogP contribution in [-0.4, -0.2) is 59.9 Å². The van der Waals surface area contributed by atoms with Crippen LogP contribution >= 0.6 is 0 Å². The number of rotatable bonds is 5. The van der Waals surface area contributed by atoms with E-state index in [2.05, 4.69) is 15.6 Å². The lowest BCUT2D eigenvalue weighted by Gasteiger charge is -2.23. The van der Waals surface area contributed by atoms with Crippen LogP contribution < -0.4 is 10.6 Å². The predicted molar refractivity (Wildman–Crippen MR) is 107 cm³/mol. The lowest BCUT2D eigenvalue weighted by atomic mass is 10.1. The number of guanidine groups is 1. The van der Waals surface area contributed by atoms with Gasteiger partial charge in [0.05, 0.1) is 18.7 Å². The first-order valence-electron chi connectivity index (χ1n) is 9.64. The van der Waals surface area contributed by atoms with Gasteiger partial charge in [-0.25, -0.2) is 9.18 Å². The van der Waals surface area contributed by atoms with Crippen LogP contribution in [0.2, 0.25) is 0 Å². The van der Waals surface area contributed by atoms with Crippen molar-refractivity contribution in [2.75, 3.05) is 26.2 Å². The highest BCUT2D eigenvalue weighted by atomic mass is 19.1. The second-order valence-electron chi connectivity index (χ2n) is 7.84. The molecule has 0 spiro atoms. The Bertz CT molecular complexity index is 673. The van der Waals surface area contributed by atoms with Crippen molar-refractivity contribution in [2.24, 2.45) is 4.99 Å². The number of nitrogens with zero attached hydrogens (tertiary/aromatic N) is 2. The summed E-state index contributed by atoms with van der Waals surface area (Å²) in [6, 6.07) is 5.72. The van der Waals surface area contributed by atoms with Gasteiger partial charge in [0.1, 0.15) is 11.4 Å². The molecule has 1 aliphatic heterocycles. The van der Waals surface area contributed by atoms with E-state index in [0.717, 1.165) is 13.0 Å². The minimum Gasteiger partial charge on any atom is -0.444 e. The highest BCUT2D eigenvalue weighted by Crippen LogP contribution is 2.15. The molecule has 1 aliphatic rings. The average molecular weight is 394 g/mol. The Kier molecular flexibility index (Phi) is 7.62. The first-order valence-corrected chi connectivity index (χ1v) is 9.64. The molecular weight excluding hydrogens is 363 g/mol. The number of likely N-dealkylation sites (tertiary alicyclic amines) is 1. The number of benzene rings is 1. The summed E-state index contributed by atoms with van der Waals surface area (Å²) in [5.41, 5.74) is 0.0850. The molecule has 1 aromatic carbocycles. The maximum Gasteiger partial charge on any atom is 0.407 e. The number of ether oxygens (including phenoxy) is 1. The Hall–Kier alpha value is -2.35. The van der Waals surface area contributed by atoms with Gasteiger partial charge in [0.2, 0.25) is 0 Å². The maximum absolute atomic E-state index is 13.0. The van der Waals surface area contributed by atoms with Gasteiger partial charge in [-0.15, -0.1) is 0 Å². The highest BCUT2D eigenvalue weighted by molar-refractivity contribution is 5.80. The van der Waals surface area contributed by atoms with Crippen LogP contribution in [0.3, 0.4) is 0 Å². The molecule has 2 unspecified atom stereocenters. The number of halogens is 1. The normalized spacial score (nSPS) is 18.7. The molecule has 0 aromatic heterocycles. The molecule has 8 heteroatoms. The monoisotopic (exact) mass is 394 g/mol. The number of aliphatic imine (C=N–C) groups is 1. The van der Waals surface area contributed by atoms with E-state index in [9.17, 15) is 14.3 Å². The Morgan fingerprint density at radius 3 is 2.68 bits per heavy atom. The lowest BCUT2D eigenvalue weighted by Crippen LogP contribution is -2.44. The number of aliphatic hydroxyl groups excluding tert-OH is 1. The predicted octanol–water partition coefficient (Wildman–Crippen LogP) is 2.42. The van der Waals surface area contributed by atoms with Crippen molar-refractivity contribution in [3.63, 3.8) is 0 Å². The topological polar surface area (TPSA) is 86.2 Å². The van der Waals surface area contributed by atoms with Crippen LogP contribution in [0, 0.1) is 5.82 Å². The summed E-state index contributed by atoms with van der Waals surface area (Å²) in [6.07, 6.45) is -0.454. The van der Waals surface area contributed by atoms with Gasteiger partial charge >= 0.3 is 6.09 Å². The van der Waals surface area contributed by atoms with Crippen molar-refractivity contribution in [2.45, 2.75) is 51.9 Å². The van der Waals surface area contributed by atoms with Crippen molar-refractivity contribution in [1.29, 1.82) is 0 Å². The van der Waals surface area contributed by atoms with Gasteiger partial charge in [-0.2, -0.15) is 0 Å². The van der Waals surface area contributed by atoms with Crippen LogP contribution in [0.4, 0.5) is 9.18 Å². The number of carbonyl (C=O) groups is 1. The summed E-state index contributed by atoms with van der Waals surface area (Å²) in [5, 5.41) is 16.4. The third-order valence-corrected chi connectivity index (χ3v) is 4.21. The zero-order chi connectivity index (χ0) is 20.7. The smallest absolute Gasteiger partial charge is 0.407 e. The number of aliphatic hydroxyl groups is 1. The summed E-state index contributed by atoms with van der Waals surface area (Å²) in [6.45, 7) is 9.65. The molecule has 2 atom stereocenters. The fourth-order valence-electron chi connectivity index (χ4n) is 2.93. The second kappa shape index (κ2) is 9.73. The van der Waals surface area contributed by atoms with Gasteiger partial charge in [-0.3, -0.25) is 4.99 Å². The molecule has 2 rings (SSSR count). The largest absolute Gasteiger partial charge is 0.444 e. The standard InChI is InChI=1S/C20H31FN4O3/c1-5-22-18(23-12-17(26)14-6-8-15(21)9-7-14)25-11-10-16(13-25)24-19(27)28-20(2,3)4/h6-9,16-17,26H,5,10-13H2,1-4H3,(H,22,23)(H,24,27). The molecule has 156 valence electrons. The molecule has 28 heavy (non-hydrogen) atoms. The number of carbonyl (C=O) groups excluding carboxylic acids is 1. The third kappa shape index (κ3) is 6.99. The van der Waals surface area contributed by atoms with E-state index in [1.54, 1.807) is 12.1 Å². The summed E-state index contributed by atoms with van der Waals surface area (Å²) in [4.78, 5) is 18.5. The van der Waals surface area contributed by atoms with Crippen molar-refractivity contribution < 1.29 is 19.0 Å². The Balaban J connectivity index is 1.93. The fraction of sp³-hybridized carbons (Fsp3) is 0.600. The van der Waals surface area contributed by atoms with Gasteiger partial charge in [-0.05, 0) is 51.8 Å². The van der Waals surface area contributed by atoms with Gasteiger partial charge in [0.15, 0.2) is 5.96 Å². The van der Waals surface area contributed by atoms with E-state index < -0.39 is 17.8 Å². The minimum absolute atomic E-state index is 0.0271. The molecule has 0 radical (unpaired) electrons. The van der Waals surface area contributed by atoms with Crippen molar-refractivity contribution in [3.05, 3.63) is 35.6 Å². The molecule has 0 bridgehead atoms. The zero-order valence-electron chi connectivity index (χ0n) is 17.0. The van der Waals surface area contributed by atoms with Gasteiger partial charge in [0.25, 0.3) is 0 Å². The van der Waals surface area contributed by atoms with Crippen LogP contribution in [0.15, 0.2) is 29.3 Å². The van der Waals surface area contributed by atoms with E-state index in [0.29, 0.717) is 24.6 Å². The number of alkyl carbamates (subject to hydrolysis) is 1. The zero-order valence-corrected chi connectivity index (χ0v) is 17.0. The Morgan fingerprint density at radius 1 is 1.39 bits per heavy atom. The average Bonchev–Trinajstić information content (AvgIpc) is 3.05. The molecule has 1 fully saturated rings. The molecule has 7 nitrogen and oxygen atoms in total. The number of amides is 1. The highest BCUT2D eigenvalue weighted by Gasteiger charge is 2.28. The summed E-state index contributed by atoms with van der Waals surface area (Å²) in [7, 11) is 0. The summed E-state index contributed by atoms with van der Waals surface area (Å²) in [5.74, 6) is 0.338. The minimum atomic E-state index is -0.812. The number of nitrogens with one attached hydrogen (secondary N) is 2. The number of hydrogen-bond acceptors (Lipinski definition) is 4. The van der Waals surface area contributed by atoms with E-state index in [1.807, 2.05) is 32.6 Å². The van der Waals surface area contributed by atoms with E-state index >= 15 is 0 Å². The summed E-state index contributed by atoms with van der Waals surface area (Å²) >= 11 is 0. The van der Waals surface area contributed by atoms with Crippen LogP contribution in [0.1, 0.15) is 45.8 Å². The van der Waals surface area contributed by atoms with Gasteiger partial charge < -0.3 is 25.4 Å². The molecule has 1 aromatic rings. The van der Waals surface area contributed by atoms with Crippen molar-refractivity contribution in [3.8, 4) is 0 Å². The van der Waals surface area contributed by atoms with Crippen LogP contribution in [0.25, 0.3) is 0 Å². The van der Waals surface area contributed by atoms with E-state index in [1.165, 1.54) is 12.1 Å². The van der Waals surface area contributed by atoms with Crippen molar-refractivity contribution >= 4 is 12.1 Å². The molecular formula is C20H31FN4O3. The Morgan fingerprint density at radius 2 is 2.07 bits per heavy atom. The number of hydrogen-bond donors (Lipinski definition) is 3. The van der Waals surface area contributed by atoms with E-state index in [4.69, 9.17) is 4.74 Å². The summed E-state index contributed by atoms with van der Waals surface area (Å²) < 4.78 is 18.3. The third-order valence-electron chi connectivity index (χ3n) is 4.21. The first kappa shape index (κ1) is 21.9. The van der Waals surface area contributed by atoms with Crippen molar-refractivity contribution in [1.82, 2.24) is 15.5 Å².